The van der Waals surface area contributed by atoms with Gasteiger partial charge in [0.05, 0.1) is 32.4 Å². The van der Waals surface area contributed by atoms with E-state index in [9.17, 15) is 9.59 Å². The predicted molar refractivity (Wildman–Crippen MR) is 133 cm³/mol. The van der Waals surface area contributed by atoms with Gasteiger partial charge in [-0.1, -0.05) is 19.8 Å². The Morgan fingerprint density at radius 1 is 1.14 bits per heavy atom. The number of benzene rings is 1. The van der Waals surface area contributed by atoms with E-state index in [0.29, 0.717) is 42.8 Å². The number of hydrogen-bond acceptors (Lipinski definition) is 5. The lowest BCUT2D eigenvalue weighted by Gasteiger charge is -2.46. The molecular formula is C27H37N3O5. The van der Waals surface area contributed by atoms with Crippen LogP contribution in [-0.2, 0) is 16.1 Å². The number of rotatable bonds is 6. The molecule has 2 aromatic rings. The lowest BCUT2D eigenvalue weighted by atomic mass is 9.85. The second kappa shape index (κ2) is 9.37. The molecule has 1 aromatic carbocycles. The second-order valence-corrected chi connectivity index (χ2v) is 10.5. The Bertz CT molecular complexity index is 1120. The third-order valence-corrected chi connectivity index (χ3v) is 8.27. The molecule has 0 spiro atoms. The molecule has 2 fully saturated rings. The van der Waals surface area contributed by atoms with Gasteiger partial charge in [0.15, 0.2) is 0 Å². The van der Waals surface area contributed by atoms with Crippen molar-refractivity contribution in [2.45, 2.75) is 76.6 Å². The largest absolute Gasteiger partial charge is 0.496 e. The van der Waals surface area contributed by atoms with Crippen molar-refractivity contribution in [1.82, 2.24) is 14.8 Å². The molecule has 35 heavy (non-hydrogen) atoms. The van der Waals surface area contributed by atoms with Crippen LogP contribution >= 0.6 is 0 Å². The number of carbonyl (C=O) groups excluding carboxylic acids is 2. The van der Waals surface area contributed by atoms with Gasteiger partial charge in [-0.15, -0.1) is 0 Å². The van der Waals surface area contributed by atoms with Gasteiger partial charge in [0.25, 0.3) is 5.91 Å². The van der Waals surface area contributed by atoms with Gasteiger partial charge < -0.3 is 29.0 Å². The standard InChI is InChI=1S/C27H37N3O5/c1-17-8-5-6-10-20(17)28-26(32)27(2)16-29-21(25(31)30(27)15-18-9-7-13-35-18)14-19-22(33-3)11-12-23(34-4)24(19)29/h11-12,14,17-18,20H,5-10,13,15-16H2,1-4H3,(H,28,32). The molecular weight excluding hydrogens is 446 g/mol. The maximum Gasteiger partial charge on any atom is 0.271 e. The highest BCUT2D eigenvalue weighted by Gasteiger charge is 2.49. The quantitative estimate of drug-likeness (QED) is 0.677. The molecule has 190 valence electrons. The van der Waals surface area contributed by atoms with E-state index in [2.05, 4.69) is 12.2 Å². The number of methoxy groups -OCH3 is 2. The van der Waals surface area contributed by atoms with Gasteiger partial charge in [-0.2, -0.15) is 0 Å². The maximum atomic E-state index is 14.0. The van der Waals surface area contributed by atoms with Crippen molar-refractivity contribution < 1.29 is 23.8 Å². The average molecular weight is 484 g/mol. The molecule has 0 radical (unpaired) electrons. The van der Waals surface area contributed by atoms with Crippen molar-refractivity contribution in [3.05, 3.63) is 23.9 Å². The molecule has 8 heteroatoms. The third-order valence-electron chi connectivity index (χ3n) is 8.27. The highest BCUT2D eigenvalue weighted by atomic mass is 16.5. The minimum absolute atomic E-state index is 0.0559. The number of amides is 2. The second-order valence-electron chi connectivity index (χ2n) is 10.5. The van der Waals surface area contributed by atoms with Crippen LogP contribution in [0.3, 0.4) is 0 Å². The summed E-state index contributed by atoms with van der Waals surface area (Å²) < 4.78 is 19.1. The SMILES string of the molecule is COc1ccc(OC)c2c1cc1n2CC(C)(C(=O)NC2CCCCC2C)N(CC2CCCO2)C1=O. The molecule has 1 aliphatic carbocycles. The highest BCUT2D eigenvalue weighted by Crippen LogP contribution is 2.40. The molecule has 3 heterocycles. The van der Waals surface area contributed by atoms with Gasteiger partial charge in [0.2, 0.25) is 5.91 Å². The van der Waals surface area contributed by atoms with E-state index in [0.717, 1.165) is 43.0 Å². The lowest BCUT2D eigenvalue weighted by Crippen LogP contribution is -2.66. The van der Waals surface area contributed by atoms with E-state index >= 15 is 0 Å². The van der Waals surface area contributed by atoms with Crippen molar-refractivity contribution in [1.29, 1.82) is 0 Å². The first kappa shape index (κ1) is 24.0. The Balaban J connectivity index is 1.58. The number of hydrogen-bond donors (Lipinski definition) is 1. The number of aromatic nitrogens is 1. The fraction of sp³-hybridized carbons (Fsp3) is 0.630. The first-order chi connectivity index (χ1) is 16.9. The summed E-state index contributed by atoms with van der Waals surface area (Å²) in [6, 6.07) is 5.68. The van der Waals surface area contributed by atoms with Crippen molar-refractivity contribution >= 4 is 22.7 Å². The minimum atomic E-state index is -1.06. The Kier molecular flexibility index (Phi) is 6.42. The van der Waals surface area contributed by atoms with Crippen LogP contribution in [0.1, 0.15) is 62.9 Å². The minimum Gasteiger partial charge on any atom is -0.496 e. The number of ether oxygens (including phenoxy) is 3. The number of nitrogens with one attached hydrogen (secondary N) is 1. The molecule has 4 unspecified atom stereocenters. The summed E-state index contributed by atoms with van der Waals surface area (Å²) in [5.41, 5.74) is 0.252. The summed E-state index contributed by atoms with van der Waals surface area (Å²) in [6.45, 7) is 5.53. The zero-order valence-corrected chi connectivity index (χ0v) is 21.3. The molecule has 1 N–H and O–H groups in total. The van der Waals surface area contributed by atoms with Crippen LogP contribution in [0.2, 0.25) is 0 Å². The van der Waals surface area contributed by atoms with E-state index in [1.54, 1.807) is 19.1 Å². The van der Waals surface area contributed by atoms with E-state index in [1.165, 1.54) is 6.42 Å². The van der Waals surface area contributed by atoms with E-state index in [1.807, 2.05) is 29.7 Å². The fourth-order valence-electron chi connectivity index (χ4n) is 6.09. The first-order valence-corrected chi connectivity index (χ1v) is 12.9. The van der Waals surface area contributed by atoms with E-state index in [-0.39, 0.29) is 24.0 Å². The summed E-state index contributed by atoms with van der Waals surface area (Å²) in [4.78, 5) is 29.8. The average Bonchev–Trinajstić information content (AvgIpc) is 3.51. The summed E-state index contributed by atoms with van der Waals surface area (Å²) in [5, 5.41) is 4.14. The van der Waals surface area contributed by atoms with Crippen LogP contribution in [0.15, 0.2) is 18.2 Å². The molecule has 4 atom stereocenters. The van der Waals surface area contributed by atoms with Crippen LogP contribution in [0.5, 0.6) is 11.5 Å². The van der Waals surface area contributed by atoms with Crippen molar-refractivity contribution in [2.75, 3.05) is 27.4 Å². The topological polar surface area (TPSA) is 82.0 Å². The summed E-state index contributed by atoms with van der Waals surface area (Å²) in [7, 11) is 3.23. The predicted octanol–water partition coefficient (Wildman–Crippen LogP) is 3.75. The van der Waals surface area contributed by atoms with Crippen LogP contribution in [-0.4, -0.2) is 66.3 Å². The molecule has 1 saturated heterocycles. The highest BCUT2D eigenvalue weighted by molar-refractivity contribution is 6.06. The van der Waals surface area contributed by atoms with Gasteiger partial charge >= 0.3 is 0 Å². The molecule has 5 rings (SSSR count). The number of carbonyl (C=O) groups is 2. The Hall–Kier alpha value is -2.74. The van der Waals surface area contributed by atoms with Gasteiger partial charge in [-0.3, -0.25) is 9.59 Å². The van der Waals surface area contributed by atoms with Gasteiger partial charge in [0, 0.05) is 24.6 Å². The monoisotopic (exact) mass is 483 g/mol. The lowest BCUT2D eigenvalue weighted by molar-refractivity contribution is -0.135. The normalized spacial score (nSPS) is 28.7. The Morgan fingerprint density at radius 3 is 2.57 bits per heavy atom. The summed E-state index contributed by atoms with van der Waals surface area (Å²) in [6.07, 6.45) is 6.23. The molecule has 8 nitrogen and oxygen atoms in total. The fourth-order valence-corrected chi connectivity index (χ4v) is 6.09. The van der Waals surface area contributed by atoms with Crippen molar-refractivity contribution in [3.63, 3.8) is 0 Å². The molecule has 3 aliphatic rings. The molecule has 2 aliphatic heterocycles. The molecule has 0 bridgehead atoms. The van der Waals surface area contributed by atoms with Gasteiger partial charge in [0.1, 0.15) is 22.7 Å². The van der Waals surface area contributed by atoms with Crippen molar-refractivity contribution in [3.8, 4) is 11.5 Å². The summed E-state index contributed by atoms with van der Waals surface area (Å²) >= 11 is 0. The van der Waals surface area contributed by atoms with Gasteiger partial charge in [-0.25, -0.2) is 0 Å². The van der Waals surface area contributed by atoms with E-state index in [4.69, 9.17) is 14.2 Å². The van der Waals surface area contributed by atoms with Crippen LogP contribution < -0.4 is 14.8 Å². The Morgan fingerprint density at radius 2 is 1.89 bits per heavy atom. The number of fused-ring (bicyclic) bond motifs is 3. The number of nitrogens with zero attached hydrogens (tertiary/aromatic N) is 2. The van der Waals surface area contributed by atoms with Crippen LogP contribution in [0.25, 0.3) is 10.9 Å². The summed E-state index contributed by atoms with van der Waals surface area (Å²) in [5.74, 6) is 1.48. The Labute approximate surface area is 206 Å². The molecule has 2 amide bonds. The smallest absolute Gasteiger partial charge is 0.271 e. The zero-order chi connectivity index (χ0) is 24.7. The van der Waals surface area contributed by atoms with Crippen LogP contribution in [0, 0.1) is 5.92 Å². The third kappa shape index (κ3) is 4.05. The maximum absolute atomic E-state index is 14.0. The van der Waals surface area contributed by atoms with Crippen LogP contribution in [0.4, 0.5) is 0 Å². The first-order valence-electron chi connectivity index (χ1n) is 12.9. The zero-order valence-electron chi connectivity index (χ0n) is 21.3. The molecule has 1 saturated carbocycles. The van der Waals surface area contributed by atoms with Gasteiger partial charge in [-0.05, 0) is 56.7 Å². The van der Waals surface area contributed by atoms with Crippen molar-refractivity contribution in [2.24, 2.45) is 5.92 Å². The van der Waals surface area contributed by atoms with E-state index < -0.39 is 5.54 Å². The molecule has 1 aromatic heterocycles.